The van der Waals surface area contributed by atoms with Crippen molar-refractivity contribution in [3.63, 3.8) is 0 Å². The molecule has 0 radical (unpaired) electrons. The molecule has 1 saturated carbocycles. The van der Waals surface area contributed by atoms with Gasteiger partial charge in [-0.1, -0.05) is 20.8 Å². The van der Waals surface area contributed by atoms with Crippen LogP contribution in [0.4, 0.5) is 0 Å². The van der Waals surface area contributed by atoms with Crippen LogP contribution in [-0.2, 0) is 9.84 Å². The first kappa shape index (κ1) is 12.4. The fourth-order valence-electron chi connectivity index (χ4n) is 2.72. The van der Waals surface area contributed by atoms with E-state index in [9.17, 15) is 8.42 Å². The highest BCUT2D eigenvalue weighted by molar-refractivity contribution is 7.91. The van der Waals surface area contributed by atoms with E-state index in [4.69, 9.17) is 0 Å². The van der Waals surface area contributed by atoms with E-state index < -0.39 is 9.84 Å². The number of hydrogen-bond acceptors (Lipinski definition) is 3. The Balaban J connectivity index is 1.75. The lowest BCUT2D eigenvalue weighted by atomic mass is 9.66. The van der Waals surface area contributed by atoms with Crippen LogP contribution < -0.4 is 5.32 Å². The second kappa shape index (κ2) is 3.98. The molecule has 2 aliphatic rings. The van der Waals surface area contributed by atoms with Crippen molar-refractivity contribution in [3.05, 3.63) is 0 Å². The summed E-state index contributed by atoms with van der Waals surface area (Å²) < 4.78 is 22.6. The summed E-state index contributed by atoms with van der Waals surface area (Å²) in [6.45, 7) is 6.86. The van der Waals surface area contributed by atoms with Gasteiger partial charge in [0.25, 0.3) is 0 Å². The second-order valence-electron chi connectivity index (χ2n) is 6.50. The highest BCUT2D eigenvalue weighted by Gasteiger charge is 2.39. The molecule has 1 saturated heterocycles. The summed E-state index contributed by atoms with van der Waals surface area (Å²) in [4.78, 5) is 0. The van der Waals surface area contributed by atoms with Crippen molar-refractivity contribution in [1.29, 1.82) is 0 Å². The largest absolute Gasteiger partial charge is 0.310 e. The van der Waals surface area contributed by atoms with Crippen molar-refractivity contribution in [2.75, 3.05) is 11.5 Å². The van der Waals surface area contributed by atoms with Gasteiger partial charge >= 0.3 is 0 Å². The molecule has 0 aromatic heterocycles. The van der Waals surface area contributed by atoms with Crippen LogP contribution in [0.25, 0.3) is 0 Å². The molecule has 0 aromatic carbocycles. The summed E-state index contributed by atoms with van der Waals surface area (Å²) in [7, 11) is -2.73. The first-order valence-corrected chi connectivity index (χ1v) is 8.05. The van der Waals surface area contributed by atoms with Gasteiger partial charge in [-0.15, -0.1) is 0 Å². The van der Waals surface area contributed by atoms with E-state index in [-0.39, 0.29) is 6.04 Å². The van der Waals surface area contributed by atoms with Gasteiger partial charge in [0.05, 0.1) is 11.5 Å². The lowest BCUT2D eigenvalue weighted by Crippen LogP contribution is -2.49. The van der Waals surface area contributed by atoms with Crippen molar-refractivity contribution in [2.24, 2.45) is 11.3 Å². The Morgan fingerprint density at radius 3 is 2.19 bits per heavy atom. The molecule has 0 unspecified atom stereocenters. The third-order valence-electron chi connectivity index (χ3n) is 4.07. The Bertz CT molecular complexity index is 350. The van der Waals surface area contributed by atoms with Gasteiger partial charge in [0, 0.05) is 12.1 Å². The summed E-state index contributed by atoms with van der Waals surface area (Å²) in [5, 5.41) is 3.49. The van der Waals surface area contributed by atoms with Gasteiger partial charge < -0.3 is 5.32 Å². The van der Waals surface area contributed by atoms with Crippen LogP contribution >= 0.6 is 0 Å². The Morgan fingerprint density at radius 2 is 1.75 bits per heavy atom. The minimum atomic E-state index is -2.73. The lowest BCUT2D eigenvalue weighted by molar-refractivity contribution is 0.0936. The van der Waals surface area contributed by atoms with Crippen molar-refractivity contribution in [2.45, 2.75) is 52.1 Å². The minimum Gasteiger partial charge on any atom is -0.310 e. The molecular formula is C12H23NO2S. The summed E-state index contributed by atoms with van der Waals surface area (Å²) in [5.74, 6) is 1.52. The van der Waals surface area contributed by atoms with Crippen LogP contribution in [0.2, 0.25) is 0 Å². The summed E-state index contributed by atoms with van der Waals surface area (Å²) in [5.41, 5.74) is 0.403. The Labute approximate surface area is 98.9 Å². The monoisotopic (exact) mass is 245 g/mol. The molecule has 0 aromatic rings. The van der Waals surface area contributed by atoms with E-state index in [1.807, 2.05) is 0 Å². The number of nitrogens with one attached hydrogen (secondary N) is 1. The molecule has 0 amide bonds. The standard InChI is InChI=1S/C12H23NO2S/c1-12(2,3)9-6-11(7-9)13-10-4-5-16(14,15)8-10/h9-11,13H,4-8H2,1-3H3/t9?,10-,11?/m0/s1. The molecule has 0 bridgehead atoms. The van der Waals surface area contributed by atoms with Crippen molar-refractivity contribution in [1.82, 2.24) is 5.32 Å². The molecule has 2 fully saturated rings. The van der Waals surface area contributed by atoms with Crippen molar-refractivity contribution < 1.29 is 8.42 Å². The predicted molar refractivity (Wildman–Crippen MR) is 66.2 cm³/mol. The average Bonchev–Trinajstić information content (AvgIpc) is 2.35. The van der Waals surface area contributed by atoms with E-state index in [2.05, 4.69) is 26.1 Å². The fourth-order valence-corrected chi connectivity index (χ4v) is 4.41. The predicted octanol–water partition coefficient (Wildman–Crippen LogP) is 1.59. The first-order valence-electron chi connectivity index (χ1n) is 6.23. The van der Waals surface area contributed by atoms with Gasteiger partial charge in [-0.3, -0.25) is 0 Å². The summed E-state index contributed by atoms with van der Waals surface area (Å²) in [6, 6.07) is 0.776. The molecule has 1 aliphatic carbocycles. The number of sulfone groups is 1. The Kier molecular flexibility index (Phi) is 3.08. The van der Waals surface area contributed by atoms with Gasteiger partial charge in [0.15, 0.2) is 9.84 Å². The van der Waals surface area contributed by atoms with Crippen LogP contribution in [0.3, 0.4) is 0 Å². The van der Waals surface area contributed by atoms with Crippen molar-refractivity contribution >= 4 is 9.84 Å². The Hall–Kier alpha value is -0.0900. The van der Waals surface area contributed by atoms with Gasteiger partial charge in [-0.2, -0.15) is 0 Å². The quantitative estimate of drug-likeness (QED) is 0.803. The van der Waals surface area contributed by atoms with E-state index >= 15 is 0 Å². The first-order chi connectivity index (χ1) is 7.26. The maximum atomic E-state index is 11.3. The van der Waals surface area contributed by atoms with E-state index in [0.717, 1.165) is 12.3 Å². The molecule has 16 heavy (non-hydrogen) atoms. The highest BCUT2D eigenvalue weighted by atomic mass is 32.2. The Morgan fingerprint density at radius 1 is 1.12 bits per heavy atom. The summed E-state index contributed by atoms with van der Waals surface area (Å²) in [6.07, 6.45) is 3.22. The van der Waals surface area contributed by atoms with Gasteiger partial charge in [-0.05, 0) is 30.6 Å². The third kappa shape index (κ3) is 2.77. The smallest absolute Gasteiger partial charge is 0.151 e. The number of hydrogen-bond donors (Lipinski definition) is 1. The molecule has 1 atom stereocenters. The van der Waals surface area contributed by atoms with Crippen molar-refractivity contribution in [3.8, 4) is 0 Å². The second-order valence-corrected chi connectivity index (χ2v) is 8.73. The van der Waals surface area contributed by atoms with Crippen LogP contribution in [0.1, 0.15) is 40.0 Å². The topological polar surface area (TPSA) is 46.2 Å². The molecule has 1 N–H and O–H groups in total. The zero-order valence-electron chi connectivity index (χ0n) is 10.5. The van der Waals surface area contributed by atoms with Crippen LogP contribution in [0.15, 0.2) is 0 Å². The molecule has 0 spiro atoms. The number of rotatable bonds is 2. The molecule has 2 rings (SSSR count). The van der Waals surface area contributed by atoms with Gasteiger partial charge in [0.1, 0.15) is 0 Å². The minimum absolute atomic E-state index is 0.218. The van der Waals surface area contributed by atoms with E-state index in [1.165, 1.54) is 12.8 Å². The van der Waals surface area contributed by atoms with E-state index in [1.54, 1.807) is 0 Å². The van der Waals surface area contributed by atoms with E-state index in [0.29, 0.717) is 23.0 Å². The molecule has 4 heteroatoms. The summed E-state index contributed by atoms with van der Waals surface area (Å²) >= 11 is 0. The molecular weight excluding hydrogens is 222 g/mol. The lowest BCUT2D eigenvalue weighted by Gasteiger charge is -2.45. The maximum Gasteiger partial charge on any atom is 0.151 e. The fraction of sp³-hybridized carbons (Fsp3) is 1.00. The average molecular weight is 245 g/mol. The van der Waals surface area contributed by atoms with Crippen LogP contribution in [-0.4, -0.2) is 32.0 Å². The SMILES string of the molecule is CC(C)(C)C1CC(N[C@H]2CCS(=O)(=O)C2)C1. The molecule has 1 aliphatic heterocycles. The zero-order valence-corrected chi connectivity index (χ0v) is 11.3. The maximum absolute atomic E-state index is 11.3. The van der Waals surface area contributed by atoms with Crippen LogP contribution in [0, 0.1) is 11.3 Å². The van der Waals surface area contributed by atoms with Crippen LogP contribution in [0.5, 0.6) is 0 Å². The third-order valence-corrected chi connectivity index (χ3v) is 5.83. The highest BCUT2D eigenvalue weighted by Crippen LogP contribution is 2.41. The van der Waals surface area contributed by atoms with Gasteiger partial charge in [-0.25, -0.2) is 8.42 Å². The molecule has 3 nitrogen and oxygen atoms in total. The van der Waals surface area contributed by atoms with Gasteiger partial charge in [0.2, 0.25) is 0 Å². The zero-order chi connectivity index (χ0) is 12.0. The molecule has 1 heterocycles. The normalized spacial score (nSPS) is 38.3. The molecule has 94 valence electrons.